The van der Waals surface area contributed by atoms with Crippen molar-refractivity contribution in [1.82, 2.24) is 5.32 Å². The molecule has 0 atom stereocenters. The molecule has 0 saturated heterocycles. The number of carbonyl (C=O) groups excluding carboxylic acids is 1. The first-order valence-electron chi connectivity index (χ1n) is 7.91. The van der Waals surface area contributed by atoms with Gasteiger partial charge in [0.1, 0.15) is 12.4 Å². The third-order valence-corrected chi connectivity index (χ3v) is 4.10. The fourth-order valence-electron chi connectivity index (χ4n) is 2.15. The van der Waals surface area contributed by atoms with Crippen molar-refractivity contribution in [2.75, 3.05) is 25.6 Å². The second-order valence-corrected chi connectivity index (χ2v) is 6.79. The number of thiocarbonyl (C=S) groups is 1. The van der Waals surface area contributed by atoms with Crippen molar-refractivity contribution >= 4 is 44.9 Å². The number of methoxy groups -OCH3 is 1. The first-order chi connectivity index (χ1) is 13.2. The summed E-state index contributed by atoms with van der Waals surface area (Å²) in [6.45, 7) is 0.581. The Hall–Kier alpha value is -2.17. The fraction of sp³-hybridized carbons (Fsp3) is 0.222. The predicted octanol–water partition coefficient (Wildman–Crippen LogP) is 4.62. The van der Waals surface area contributed by atoms with Crippen molar-refractivity contribution < 1.29 is 27.4 Å². The molecule has 0 aromatic heterocycles. The van der Waals surface area contributed by atoms with Gasteiger partial charge in [-0.05, 0) is 48.6 Å². The van der Waals surface area contributed by atoms with Crippen LogP contribution in [0.3, 0.4) is 0 Å². The lowest BCUT2D eigenvalue weighted by Crippen LogP contribution is -2.34. The minimum atomic E-state index is -4.48. The average molecular weight is 477 g/mol. The van der Waals surface area contributed by atoms with Gasteiger partial charge in [-0.25, -0.2) is 0 Å². The zero-order chi connectivity index (χ0) is 20.7. The molecule has 2 rings (SSSR count). The summed E-state index contributed by atoms with van der Waals surface area (Å²) in [5, 5.41) is 4.85. The van der Waals surface area contributed by atoms with Crippen molar-refractivity contribution in [2.45, 2.75) is 6.18 Å². The number of hydrogen-bond acceptors (Lipinski definition) is 4. The van der Waals surface area contributed by atoms with Crippen LogP contribution >= 0.6 is 28.1 Å². The van der Waals surface area contributed by atoms with Crippen LogP contribution < -0.4 is 15.4 Å². The minimum absolute atomic E-state index is 0.103. The van der Waals surface area contributed by atoms with Gasteiger partial charge in [0.15, 0.2) is 5.11 Å². The highest BCUT2D eigenvalue weighted by molar-refractivity contribution is 9.10. The SMILES string of the molecule is COCCOc1ccc(Br)cc1C(=O)NC(=S)Nc1cccc(C(F)(F)F)c1. The van der Waals surface area contributed by atoms with Gasteiger partial charge in [-0.1, -0.05) is 22.0 Å². The van der Waals surface area contributed by atoms with Crippen molar-refractivity contribution in [1.29, 1.82) is 0 Å². The van der Waals surface area contributed by atoms with E-state index in [9.17, 15) is 18.0 Å². The molecule has 1 amide bonds. The Balaban J connectivity index is 2.08. The highest BCUT2D eigenvalue weighted by atomic mass is 79.9. The van der Waals surface area contributed by atoms with E-state index in [4.69, 9.17) is 21.7 Å². The topological polar surface area (TPSA) is 59.6 Å². The standard InChI is InChI=1S/C18H16BrF3N2O3S/c1-26-7-8-27-15-6-5-12(19)10-14(15)16(25)24-17(28)23-13-4-2-3-11(9-13)18(20,21)22/h2-6,9-10H,7-8H2,1H3,(H2,23,24,25,28). The highest BCUT2D eigenvalue weighted by Gasteiger charge is 2.30. The van der Waals surface area contributed by atoms with Crippen LogP contribution in [0.25, 0.3) is 0 Å². The molecule has 150 valence electrons. The number of carbonyl (C=O) groups is 1. The highest BCUT2D eigenvalue weighted by Crippen LogP contribution is 2.30. The second kappa shape index (κ2) is 9.85. The van der Waals surface area contributed by atoms with E-state index in [2.05, 4.69) is 26.6 Å². The first-order valence-corrected chi connectivity index (χ1v) is 9.11. The van der Waals surface area contributed by atoms with E-state index < -0.39 is 17.6 Å². The van der Waals surface area contributed by atoms with Crippen LogP contribution in [0.1, 0.15) is 15.9 Å². The van der Waals surface area contributed by atoms with Gasteiger partial charge >= 0.3 is 6.18 Å². The lowest BCUT2D eigenvalue weighted by molar-refractivity contribution is -0.137. The molecule has 0 bridgehead atoms. The van der Waals surface area contributed by atoms with Crippen LogP contribution in [-0.4, -0.2) is 31.3 Å². The Bertz CT molecular complexity index is 862. The molecule has 0 unspecified atom stereocenters. The molecule has 0 radical (unpaired) electrons. The van der Waals surface area contributed by atoms with E-state index in [1.165, 1.54) is 19.2 Å². The third-order valence-electron chi connectivity index (χ3n) is 3.41. The Morgan fingerprint density at radius 3 is 2.61 bits per heavy atom. The van der Waals surface area contributed by atoms with Crippen molar-refractivity contribution in [3.63, 3.8) is 0 Å². The summed E-state index contributed by atoms with van der Waals surface area (Å²) in [4.78, 5) is 12.5. The van der Waals surface area contributed by atoms with E-state index in [1.807, 2.05) is 0 Å². The van der Waals surface area contributed by atoms with Gasteiger partial charge in [-0.15, -0.1) is 0 Å². The maximum atomic E-state index is 12.8. The number of nitrogens with one attached hydrogen (secondary N) is 2. The lowest BCUT2D eigenvalue weighted by Gasteiger charge is -2.14. The quantitative estimate of drug-likeness (QED) is 0.470. The Morgan fingerprint density at radius 1 is 1.18 bits per heavy atom. The minimum Gasteiger partial charge on any atom is -0.490 e. The molecule has 0 aliphatic carbocycles. The number of hydrogen-bond donors (Lipinski definition) is 2. The normalized spacial score (nSPS) is 11.0. The lowest BCUT2D eigenvalue weighted by atomic mass is 10.2. The number of rotatable bonds is 6. The number of halogens is 4. The summed E-state index contributed by atoms with van der Waals surface area (Å²) < 4.78 is 49.4. The van der Waals surface area contributed by atoms with Gasteiger partial charge in [0.05, 0.1) is 17.7 Å². The van der Waals surface area contributed by atoms with Crippen LogP contribution in [0, 0.1) is 0 Å². The van der Waals surface area contributed by atoms with Gasteiger partial charge in [0.2, 0.25) is 0 Å². The van der Waals surface area contributed by atoms with Crippen LogP contribution in [0.5, 0.6) is 5.75 Å². The third kappa shape index (κ3) is 6.47. The van der Waals surface area contributed by atoms with Crippen LogP contribution in [0.15, 0.2) is 46.9 Å². The Morgan fingerprint density at radius 2 is 1.93 bits per heavy atom. The molecule has 2 aromatic carbocycles. The van der Waals surface area contributed by atoms with E-state index in [0.29, 0.717) is 16.8 Å². The number of amides is 1. The summed E-state index contributed by atoms with van der Waals surface area (Å²) in [7, 11) is 1.52. The molecule has 5 nitrogen and oxygen atoms in total. The summed E-state index contributed by atoms with van der Waals surface area (Å²) in [5.74, 6) is -0.252. The molecule has 0 heterocycles. The van der Waals surface area contributed by atoms with Gasteiger partial charge in [-0.3, -0.25) is 10.1 Å². The fourth-order valence-corrected chi connectivity index (χ4v) is 2.72. The van der Waals surface area contributed by atoms with Gasteiger partial charge in [0, 0.05) is 17.3 Å². The Kier molecular flexibility index (Phi) is 7.78. The maximum Gasteiger partial charge on any atom is 0.416 e. The monoisotopic (exact) mass is 476 g/mol. The number of benzene rings is 2. The molecule has 0 saturated carbocycles. The van der Waals surface area contributed by atoms with E-state index in [-0.39, 0.29) is 23.0 Å². The van der Waals surface area contributed by atoms with Gasteiger partial charge in [-0.2, -0.15) is 13.2 Å². The smallest absolute Gasteiger partial charge is 0.416 e. The summed E-state index contributed by atoms with van der Waals surface area (Å²) in [6, 6.07) is 9.35. The molecule has 0 fully saturated rings. The van der Waals surface area contributed by atoms with Gasteiger partial charge < -0.3 is 14.8 Å². The molecule has 0 spiro atoms. The number of anilines is 1. The first kappa shape index (κ1) is 22.1. The summed E-state index contributed by atoms with van der Waals surface area (Å²) in [6.07, 6.45) is -4.48. The van der Waals surface area contributed by atoms with Crippen molar-refractivity contribution in [3.8, 4) is 5.75 Å². The molecule has 0 aliphatic heterocycles. The van der Waals surface area contributed by atoms with Crippen LogP contribution in [0.2, 0.25) is 0 Å². The molecule has 2 N–H and O–H groups in total. The number of ether oxygens (including phenoxy) is 2. The molecule has 10 heteroatoms. The summed E-state index contributed by atoms with van der Waals surface area (Å²) >= 11 is 8.31. The predicted molar refractivity (Wildman–Crippen MR) is 107 cm³/mol. The van der Waals surface area contributed by atoms with E-state index in [1.54, 1.807) is 18.2 Å². The molecule has 2 aromatic rings. The second-order valence-electron chi connectivity index (χ2n) is 5.47. The van der Waals surface area contributed by atoms with Crippen molar-refractivity contribution in [3.05, 3.63) is 58.1 Å². The molecule has 0 aliphatic rings. The average Bonchev–Trinajstić information content (AvgIpc) is 2.62. The molecular formula is C18H16BrF3N2O3S. The largest absolute Gasteiger partial charge is 0.490 e. The maximum absolute atomic E-state index is 12.8. The van der Waals surface area contributed by atoms with Gasteiger partial charge in [0.25, 0.3) is 5.91 Å². The molecule has 28 heavy (non-hydrogen) atoms. The zero-order valence-electron chi connectivity index (χ0n) is 14.6. The molecular weight excluding hydrogens is 461 g/mol. The van der Waals surface area contributed by atoms with Crippen molar-refractivity contribution in [2.24, 2.45) is 0 Å². The Labute approximate surface area is 173 Å². The van der Waals surface area contributed by atoms with E-state index >= 15 is 0 Å². The number of alkyl halides is 3. The van der Waals surface area contributed by atoms with Crippen LogP contribution in [-0.2, 0) is 10.9 Å². The van der Waals surface area contributed by atoms with Crippen LogP contribution in [0.4, 0.5) is 18.9 Å². The zero-order valence-corrected chi connectivity index (χ0v) is 17.0. The van der Waals surface area contributed by atoms with E-state index in [0.717, 1.165) is 12.1 Å². The summed E-state index contributed by atoms with van der Waals surface area (Å²) in [5.41, 5.74) is -0.517.